The van der Waals surface area contributed by atoms with Crippen LogP contribution in [-0.2, 0) is 0 Å². The van der Waals surface area contributed by atoms with E-state index >= 15 is 0 Å². The monoisotopic (exact) mass is 469 g/mol. The largest absolute Gasteiger partial charge is 0.349 e. The summed E-state index contributed by atoms with van der Waals surface area (Å²) in [7, 11) is 0. The number of hydrogen-bond acceptors (Lipinski definition) is 5. The maximum absolute atomic E-state index is 13.4. The van der Waals surface area contributed by atoms with Gasteiger partial charge in [0.25, 0.3) is 5.91 Å². The Labute approximate surface area is 200 Å². The van der Waals surface area contributed by atoms with Crippen molar-refractivity contribution in [2.45, 2.75) is 38.1 Å². The summed E-state index contributed by atoms with van der Waals surface area (Å²) in [6, 6.07) is 15.3. The molecule has 4 heterocycles. The number of benzene rings is 1. The van der Waals surface area contributed by atoms with Crippen molar-refractivity contribution >= 4 is 50.6 Å². The summed E-state index contributed by atoms with van der Waals surface area (Å²) >= 11 is 1.32. The number of hydrogen-bond donors (Lipinski definition) is 2. The molecule has 3 aromatic heterocycles. The highest BCUT2D eigenvalue weighted by Crippen LogP contribution is 2.46. The number of urea groups is 1. The zero-order chi connectivity index (χ0) is 23.1. The van der Waals surface area contributed by atoms with Gasteiger partial charge in [0.2, 0.25) is 0 Å². The molecule has 1 saturated carbocycles. The van der Waals surface area contributed by atoms with Gasteiger partial charge < -0.3 is 10.6 Å². The number of carbonyl (C=O) groups is 2. The molecule has 2 N–H and O–H groups in total. The zero-order valence-electron chi connectivity index (χ0n) is 18.5. The van der Waals surface area contributed by atoms with Crippen LogP contribution in [0.25, 0.3) is 21.5 Å². The lowest BCUT2D eigenvalue weighted by molar-refractivity contribution is 0.0932. The number of nitrogens with one attached hydrogen (secondary N) is 2. The molecular weight excluding hydrogens is 446 g/mol. The molecule has 0 spiro atoms. The van der Waals surface area contributed by atoms with Gasteiger partial charge in [-0.2, -0.15) is 0 Å². The molecule has 1 aliphatic carbocycles. The lowest BCUT2D eigenvalue weighted by Gasteiger charge is -2.28. The smallest absolute Gasteiger partial charge is 0.331 e. The van der Waals surface area contributed by atoms with E-state index in [1.54, 1.807) is 17.3 Å². The number of pyridine rings is 2. The van der Waals surface area contributed by atoms with Gasteiger partial charge in [-0.25, -0.2) is 9.78 Å². The van der Waals surface area contributed by atoms with Crippen molar-refractivity contribution in [2.24, 2.45) is 0 Å². The highest BCUT2D eigenvalue weighted by molar-refractivity contribution is 7.21. The van der Waals surface area contributed by atoms with Crippen molar-refractivity contribution in [3.05, 3.63) is 65.8 Å². The van der Waals surface area contributed by atoms with E-state index in [1.807, 2.05) is 48.5 Å². The van der Waals surface area contributed by atoms with Crippen LogP contribution < -0.4 is 15.5 Å². The number of nitrogens with zero attached hydrogens (tertiary/aromatic N) is 3. The predicted molar refractivity (Wildman–Crippen MR) is 135 cm³/mol. The van der Waals surface area contributed by atoms with Gasteiger partial charge >= 0.3 is 6.03 Å². The van der Waals surface area contributed by atoms with E-state index in [0.29, 0.717) is 21.9 Å². The molecule has 34 heavy (non-hydrogen) atoms. The Morgan fingerprint density at radius 1 is 1.03 bits per heavy atom. The van der Waals surface area contributed by atoms with Gasteiger partial charge in [-0.1, -0.05) is 49.6 Å². The minimum Gasteiger partial charge on any atom is -0.349 e. The third-order valence-corrected chi connectivity index (χ3v) is 7.56. The molecule has 0 atom stereocenters. The second kappa shape index (κ2) is 8.53. The van der Waals surface area contributed by atoms with E-state index in [0.717, 1.165) is 47.2 Å². The Balaban J connectivity index is 1.40. The molecule has 0 saturated heterocycles. The first-order valence-electron chi connectivity index (χ1n) is 11.5. The Morgan fingerprint density at radius 3 is 2.65 bits per heavy atom. The van der Waals surface area contributed by atoms with Crippen LogP contribution in [0.2, 0.25) is 0 Å². The van der Waals surface area contributed by atoms with Crippen LogP contribution >= 0.6 is 11.3 Å². The first kappa shape index (κ1) is 20.8. The van der Waals surface area contributed by atoms with Crippen LogP contribution in [0.5, 0.6) is 0 Å². The molecule has 0 bridgehead atoms. The van der Waals surface area contributed by atoms with Crippen LogP contribution in [0.4, 0.5) is 21.9 Å². The number of aromatic nitrogens is 2. The first-order valence-corrected chi connectivity index (χ1v) is 12.4. The minimum atomic E-state index is -0.310. The fraction of sp³-hybridized carbons (Fsp3) is 0.231. The molecule has 170 valence electrons. The van der Waals surface area contributed by atoms with Crippen molar-refractivity contribution in [3.8, 4) is 11.3 Å². The molecule has 0 unspecified atom stereocenters. The zero-order valence-corrected chi connectivity index (χ0v) is 19.3. The molecule has 0 radical (unpaired) electrons. The Morgan fingerprint density at radius 2 is 1.82 bits per heavy atom. The van der Waals surface area contributed by atoms with E-state index in [1.165, 1.54) is 17.8 Å². The number of carbonyl (C=O) groups excluding carboxylic acids is 2. The van der Waals surface area contributed by atoms with Crippen LogP contribution in [0.1, 0.15) is 41.8 Å². The highest BCUT2D eigenvalue weighted by atomic mass is 32.1. The summed E-state index contributed by atoms with van der Waals surface area (Å²) in [6.45, 7) is 0. The van der Waals surface area contributed by atoms with Gasteiger partial charge in [0.05, 0.1) is 28.1 Å². The number of rotatable bonds is 4. The molecule has 8 heteroatoms. The lowest BCUT2D eigenvalue weighted by atomic mass is 9.95. The summed E-state index contributed by atoms with van der Waals surface area (Å²) in [5.74, 6) is -0.139. The summed E-state index contributed by atoms with van der Waals surface area (Å²) in [6.07, 6.45) is 8.89. The van der Waals surface area contributed by atoms with E-state index in [-0.39, 0.29) is 18.0 Å². The van der Waals surface area contributed by atoms with E-state index in [9.17, 15) is 9.59 Å². The lowest BCUT2D eigenvalue weighted by Crippen LogP contribution is -2.37. The summed E-state index contributed by atoms with van der Waals surface area (Å²) < 4.78 is 0. The highest BCUT2D eigenvalue weighted by Gasteiger charge is 2.33. The Hall–Kier alpha value is -3.78. The van der Waals surface area contributed by atoms with Gasteiger partial charge in [0.1, 0.15) is 9.71 Å². The van der Waals surface area contributed by atoms with Crippen LogP contribution in [0.3, 0.4) is 0 Å². The van der Waals surface area contributed by atoms with Gasteiger partial charge in [0.15, 0.2) is 0 Å². The van der Waals surface area contributed by atoms with Gasteiger partial charge in [-0.3, -0.25) is 14.7 Å². The quantitative estimate of drug-likeness (QED) is 0.378. The van der Waals surface area contributed by atoms with E-state index in [2.05, 4.69) is 20.6 Å². The third kappa shape index (κ3) is 3.60. The molecule has 1 fully saturated rings. The molecule has 2 aliphatic rings. The van der Waals surface area contributed by atoms with Crippen LogP contribution in [-0.4, -0.2) is 27.9 Å². The summed E-state index contributed by atoms with van der Waals surface area (Å²) in [5, 5.41) is 6.93. The number of anilines is 3. The molecule has 1 aliphatic heterocycles. The molecule has 6 rings (SSSR count). The maximum Gasteiger partial charge on any atom is 0.331 e. The van der Waals surface area contributed by atoms with E-state index in [4.69, 9.17) is 0 Å². The average molecular weight is 470 g/mol. The molecule has 1 aromatic carbocycles. The fourth-order valence-corrected chi connectivity index (χ4v) is 5.85. The standard InChI is InChI=1S/C26H23N5O2S/c32-24(29-17-9-5-2-6-10-17)23-22-21-20(12-14-28-25(21)34-23)31(26(33)30-22)18-11-13-27-19(15-18)16-7-3-1-4-8-16/h1,3-4,7-8,11-15,17H,2,5-6,9-10H2,(H,29,32)(H,30,33). The van der Waals surface area contributed by atoms with Crippen LogP contribution in [0.15, 0.2) is 60.9 Å². The predicted octanol–water partition coefficient (Wildman–Crippen LogP) is 6.10. The average Bonchev–Trinajstić information content (AvgIpc) is 3.25. The van der Waals surface area contributed by atoms with Crippen molar-refractivity contribution in [3.63, 3.8) is 0 Å². The summed E-state index contributed by atoms with van der Waals surface area (Å²) in [4.78, 5) is 38.4. The van der Waals surface area contributed by atoms with Crippen molar-refractivity contribution in [1.82, 2.24) is 15.3 Å². The topological polar surface area (TPSA) is 87.2 Å². The molecule has 4 aromatic rings. The van der Waals surface area contributed by atoms with Crippen LogP contribution in [0, 0.1) is 0 Å². The van der Waals surface area contributed by atoms with Gasteiger partial charge in [-0.15, -0.1) is 11.3 Å². The summed E-state index contributed by atoms with van der Waals surface area (Å²) in [5.41, 5.74) is 3.71. The minimum absolute atomic E-state index is 0.139. The normalized spacial score (nSPS) is 15.9. The first-order chi connectivity index (χ1) is 16.7. The van der Waals surface area contributed by atoms with Gasteiger partial charge in [-0.05, 0) is 31.0 Å². The number of thiophene rings is 1. The van der Waals surface area contributed by atoms with Crippen molar-refractivity contribution in [1.29, 1.82) is 0 Å². The molecular formula is C26H23N5O2S. The molecule has 3 amide bonds. The maximum atomic E-state index is 13.4. The Kier molecular flexibility index (Phi) is 5.22. The Bertz CT molecular complexity index is 1400. The van der Waals surface area contributed by atoms with Crippen molar-refractivity contribution < 1.29 is 9.59 Å². The van der Waals surface area contributed by atoms with E-state index < -0.39 is 0 Å². The fourth-order valence-electron chi connectivity index (χ4n) is 4.82. The number of amides is 3. The molecule has 7 nitrogen and oxygen atoms in total. The van der Waals surface area contributed by atoms with Crippen molar-refractivity contribution in [2.75, 3.05) is 10.2 Å². The second-order valence-corrected chi connectivity index (χ2v) is 9.65. The third-order valence-electron chi connectivity index (χ3n) is 6.46. The second-order valence-electron chi connectivity index (χ2n) is 8.66. The SMILES string of the molecule is O=C(NC1CCCCC1)c1sc2nccc3c2c1NC(=O)N3c1ccnc(-c2ccccc2)c1. The van der Waals surface area contributed by atoms with Gasteiger partial charge in [0, 0.05) is 24.0 Å².